The third kappa shape index (κ3) is 2.48. The molecule has 0 unspecified atom stereocenters. The minimum absolute atomic E-state index is 0.298. The van der Waals surface area contributed by atoms with Gasteiger partial charge in [0.05, 0.1) is 5.02 Å². The van der Waals surface area contributed by atoms with Crippen molar-refractivity contribution in [1.82, 2.24) is 0 Å². The highest BCUT2D eigenvalue weighted by Crippen LogP contribution is 2.28. The molecule has 0 heterocycles. The fourth-order valence-corrected chi connectivity index (χ4v) is 1.90. The van der Waals surface area contributed by atoms with Gasteiger partial charge in [0.2, 0.25) is 0 Å². The normalized spacial score (nSPS) is 10.3. The quantitative estimate of drug-likeness (QED) is 0.727. The number of carbonyl (C=O) groups is 1. The zero-order valence-corrected chi connectivity index (χ0v) is 10.1. The zero-order chi connectivity index (χ0) is 12.4. The molecule has 1 nitrogen and oxygen atoms in total. The van der Waals surface area contributed by atoms with Crippen LogP contribution in [0.3, 0.4) is 0 Å². The third-order valence-electron chi connectivity index (χ3n) is 2.37. The van der Waals surface area contributed by atoms with Gasteiger partial charge in [-0.2, -0.15) is 0 Å². The summed E-state index contributed by atoms with van der Waals surface area (Å²) in [5, 5.41) is 0.633. The van der Waals surface area contributed by atoms with Crippen molar-refractivity contribution in [2.24, 2.45) is 0 Å². The number of carbonyl (C=O) groups excluding carboxylic acids is 1. The summed E-state index contributed by atoms with van der Waals surface area (Å²) in [5.74, 6) is -0.424. The van der Waals surface area contributed by atoms with E-state index in [2.05, 4.69) is 0 Å². The predicted molar refractivity (Wildman–Crippen MR) is 67.2 cm³/mol. The van der Waals surface area contributed by atoms with Gasteiger partial charge < -0.3 is 0 Å². The molecule has 2 rings (SSSR count). The van der Waals surface area contributed by atoms with Crippen molar-refractivity contribution in [2.45, 2.75) is 0 Å². The van der Waals surface area contributed by atoms with Crippen molar-refractivity contribution in [3.63, 3.8) is 0 Å². The van der Waals surface area contributed by atoms with E-state index in [0.29, 0.717) is 33.0 Å². The smallest absolute Gasteiger partial charge is 0.151 e. The van der Waals surface area contributed by atoms with Crippen molar-refractivity contribution in [3.05, 3.63) is 57.8 Å². The lowest BCUT2D eigenvalue weighted by Gasteiger charge is -2.05. The highest BCUT2D eigenvalue weighted by molar-refractivity contribution is 6.33. The van der Waals surface area contributed by atoms with Crippen LogP contribution in [0, 0.1) is 5.82 Å². The number of aldehydes is 1. The number of rotatable bonds is 2. The molecule has 0 aliphatic rings. The first-order valence-corrected chi connectivity index (χ1v) is 5.57. The molecule has 0 aliphatic carbocycles. The fourth-order valence-electron chi connectivity index (χ4n) is 1.51. The molecule has 0 spiro atoms. The minimum Gasteiger partial charge on any atom is -0.298 e. The van der Waals surface area contributed by atoms with E-state index in [1.807, 2.05) is 0 Å². The molecular weight excluding hydrogens is 262 g/mol. The molecule has 4 heteroatoms. The molecule has 2 aromatic carbocycles. The van der Waals surface area contributed by atoms with Crippen LogP contribution in [0.4, 0.5) is 4.39 Å². The monoisotopic (exact) mass is 268 g/mol. The van der Waals surface area contributed by atoms with Crippen LogP contribution < -0.4 is 0 Å². The third-order valence-corrected chi connectivity index (χ3v) is 2.93. The first-order valence-electron chi connectivity index (χ1n) is 4.82. The van der Waals surface area contributed by atoms with Gasteiger partial charge in [0.15, 0.2) is 6.29 Å². The average molecular weight is 269 g/mol. The van der Waals surface area contributed by atoms with Crippen LogP contribution in [-0.2, 0) is 0 Å². The first kappa shape index (κ1) is 12.1. The summed E-state index contributed by atoms with van der Waals surface area (Å²) in [7, 11) is 0. The van der Waals surface area contributed by atoms with Gasteiger partial charge in [-0.15, -0.1) is 0 Å². The van der Waals surface area contributed by atoms with Crippen LogP contribution in [0.25, 0.3) is 11.1 Å². The minimum atomic E-state index is -0.424. The van der Waals surface area contributed by atoms with E-state index in [1.54, 1.807) is 30.3 Å². The van der Waals surface area contributed by atoms with Crippen molar-refractivity contribution >= 4 is 29.5 Å². The molecule has 0 saturated heterocycles. The molecule has 17 heavy (non-hydrogen) atoms. The van der Waals surface area contributed by atoms with Gasteiger partial charge in [-0.05, 0) is 35.9 Å². The van der Waals surface area contributed by atoms with E-state index in [9.17, 15) is 9.18 Å². The SMILES string of the molecule is O=Cc1ccc(-c2ccc(Cl)cc2F)cc1Cl. The van der Waals surface area contributed by atoms with Crippen LogP contribution in [-0.4, -0.2) is 6.29 Å². The lowest BCUT2D eigenvalue weighted by molar-refractivity contribution is 0.112. The Morgan fingerprint density at radius 1 is 1.06 bits per heavy atom. The Hall–Kier alpha value is -1.38. The molecule has 0 fully saturated rings. The second-order valence-electron chi connectivity index (χ2n) is 3.48. The standard InChI is InChI=1S/C13H7Cl2FO/c14-10-3-4-11(13(16)6-10)8-1-2-9(7-17)12(15)5-8/h1-7H. The lowest BCUT2D eigenvalue weighted by Crippen LogP contribution is -1.87. The Kier molecular flexibility index (Phi) is 3.46. The molecule has 0 aliphatic heterocycles. The number of halogens is 3. The van der Waals surface area contributed by atoms with Gasteiger partial charge in [0, 0.05) is 16.1 Å². The Morgan fingerprint density at radius 3 is 2.41 bits per heavy atom. The molecule has 0 atom stereocenters. The summed E-state index contributed by atoms with van der Waals surface area (Å²) in [6.07, 6.45) is 0.657. The number of hydrogen-bond acceptors (Lipinski definition) is 1. The Labute approximate surface area is 108 Å². The highest BCUT2D eigenvalue weighted by Gasteiger charge is 2.08. The van der Waals surface area contributed by atoms with E-state index >= 15 is 0 Å². The Morgan fingerprint density at radius 2 is 1.82 bits per heavy atom. The lowest BCUT2D eigenvalue weighted by atomic mass is 10.0. The van der Waals surface area contributed by atoms with Gasteiger partial charge in [-0.1, -0.05) is 29.3 Å². The molecule has 0 amide bonds. The van der Waals surface area contributed by atoms with Crippen LogP contribution >= 0.6 is 23.2 Å². The predicted octanol–water partition coefficient (Wildman–Crippen LogP) is 4.61. The first-order chi connectivity index (χ1) is 8.11. The van der Waals surface area contributed by atoms with E-state index < -0.39 is 5.82 Å². The zero-order valence-electron chi connectivity index (χ0n) is 8.58. The van der Waals surface area contributed by atoms with Crippen molar-refractivity contribution in [2.75, 3.05) is 0 Å². The number of hydrogen-bond donors (Lipinski definition) is 0. The van der Waals surface area contributed by atoms with Gasteiger partial charge >= 0.3 is 0 Å². The van der Waals surface area contributed by atoms with Crippen molar-refractivity contribution < 1.29 is 9.18 Å². The van der Waals surface area contributed by atoms with E-state index in [-0.39, 0.29) is 0 Å². The molecule has 0 bridgehead atoms. The molecule has 86 valence electrons. The molecule has 0 radical (unpaired) electrons. The average Bonchev–Trinajstić information content (AvgIpc) is 2.29. The maximum Gasteiger partial charge on any atom is 0.151 e. The van der Waals surface area contributed by atoms with Gasteiger partial charge in [0.1, 0.15) is 5.82 Å². The summed E-state index contributed by atoms with van der Waals surface area (Å²) in [6.45, 7) is 0. The van der Waals surface area contributed by atoms with Crippen LogP contribution in [0.5, 0.6) is 0 Å². The summed E-state index contributed by atoms with van der Waals surface area (Å²) in [6, 6.07) is 9.15. The van der Waals surface area contributed by atoms with Crippen LogP contribution in [0.15, 0.2) is 36.4 Å². The van der Waals surface area contributed by atoms with Gasteiger partial charge in [-0.3, -0.25) is 4.79 Å². The summed E-state index contributed by atoms with van der Waals surface area (Å²) in [5.41, 5.74) is 1.38. The Balaban J connectivity index is 2.53. The van der Waals surface area contributed by atoms with E-state index in [0.717, 1.165) is 0 Å². The Bertz CT molecular complexity index is 582. The maximum atomic E-state index is 13.7. The summed E-state index contributed by atoms with van der Waals surface area (Å²) >= 11 is 11.6. The molecule has 0 aromatic heterocycles. The highest BCUT2D eigenvalue weighted by atomic mass is 35.5. The maximum absolute atomic E-state index is 13.7. The van der Waals surface area contributed by atoms with Crippen molar-refractivity contribution in [1.29, 1.82) is 0 Å². The largest absolute Gasteiger partial charge is 0.298 e. The fraction of sp³-hybridized carbons (Fsp3) is 0. The molecule has 2 aromatic rings. The second kappa shape index (κ2) is 4.86. The van der Waals surface area contributed by atoms with Crippen LogP contribution in [0.2, 0.25) is 10.0 Å². The number of benzene rings is 2. The topological polar surface area (TPSA) is 17.1 Å². The molecular formula is C13H7Cl2FO. The van der Waals surface area contributed by atoms with Crippen LogP contribution in [0.1, 0.15) is 10.4 Å². The second-order valence-corrected chi connectivity index (χ2v) is 4.32. The van der Waals surface area contributed by atoms with Gasteiger partial charge in [0.25, 0.3) is 0 Å². The molecule has 0 N–H and O–H groups in total. The summed E-state index contributed by atoms with van der Waals surface area (Å²) in [4.78, 5) is 10.6. The van der Waals surface area contributed by atoms with E-state index in [1.165, 1.54) is 6.07 Å². The van der Waals surface area contributed by atoms with Gasteiger partial charge in [-0.25, -0.2) is 4.39 Å². The summed E-state index contributed by atoms with van der Waals surface area (Å²) < 4.78 is 13.7. The van der Waals surface area contributed by atoms with Crippen molar-refractivity contribution in [3.8, 4) is 11.1 Å². The molecule has 0 saturated carbocycles. The van der Waals surface area contributed by atoms with E-state index in [4.69, 9.17) is 23.2 Å².